The lowest BCUT2D eigenvalue weighted by Crippen LogP contribution is -2.37. The number of aryl methyl sites for hydroxylation is 1. The summed E-state index contributed by atoms with van der Waals surface area (Å²) >= 11 is 0. The maximum absolute atomic E-state index is 13.5. The van der Waals surface area contributed by atoms with Gasteiger partial charge in [0.05, 0.1) is 18.1 Å². The van der Waals surface area contributed by atoms with E-state index < -0.39 is 5.41 Å². The molecular weight excluding hydrogens is 478 g/mol. The van der Waals surface area contributed by atoms with Crippen LogP contribution < -0.4 is 14.8 Å². The summed E-state index contributed by atoms with van der Waals surface area (Å²) in [5, 5.41) is 12.5. The number of benzene rings is 3. The number of unbranched alkanes of at least 4 members (excludes halogenated alkanes) is 1. The molecule has 1 aliphatic carbocycles. The molecule has 1 fully saturated rings. The van der Waals surface area contributed by atoms with Gasteiger partial charge in [-0.15, -0.1) is 0 Å². The van der Waals surface area contributed by atoms with Crippen LogP contribution in [-0.4, -0.2) is 36.2 Å². The molecule has 1 saturated carbocycles. The van der Waals surface area contributed by atoms with Gasteiger partial charge >= 0.3 is 0 Å². The Bertz CT molecular complexity index is 1340. The third-order valence-electron chi connectivity index (χ3n) is 7.80. The third kappa shape index (κ3) is 5.32. The SMILES string of the molecule is CCCC[C@H](CO)NC(=O)c1ccc(-c2cc(CC(=O)C3(c4ccc5c(c4)OCO5)CC3)ccc2C)cc1.[HH].[HH]. The second kappa shape index (κ2) is 11.0. The number of rotatable bonds is 11. The van der Waals surface area contributed by atoms with Gasteiger partial charge in [0.1, 0.15) is 5.78 Å². The average Bonchev–Trinajstić information content (AvgIpc) is 3.62. The van der Waals surface area contributed by atoms with Crippen molar-refractivity contribution in [3.8, 4) is 22.6 Å². The van der Waals surface area contributed by atoms with Crippen LogP contribution in [0.3, 0.4) is 0 Å². The lowest BCUT2D eigenvalue weighted by molar-refractivity contribution is -0.120. The summed E-state index contributed by atoms with van der Waals surface area (Å²) in [6.45, 7) is 4.30. The van der Waals surface area contributed by atoms with E-state index in [2.05, 4.69) is 31.3 Å². The Morgan fingerprint density at radius 2 is 1.79 bits per heavy atom. The largest absolute Gasteiger partial charge is 0.454 e. The van der Waals surface area contributed by atoms with Gasteiger partial charge < -0.3 is 19.9 Å². The lowest BCUT2D eigenvalue weighted by Gasteiger charge is -2.17. The van der Waals surface area contributed by atoms with Crippen LogP contribution in [0, 0.1) is 6.92 Å². The van der Waals surface area contributed by atoms with E-state index in [4.69, 9.17) is 9.47 Å². The number of hydrogen-bond donors (Lipinski definition) is 2. The molecule has 0 saturated heterocycles. The van der Waals surface area contributed by atoms with Crippen molar-refractivity contribution in [3.05, 3.63) is 82.9 Å². The number of amides is 1. The van der Waals surface area contributed by atoms with Crippen molar-refractivity contribution in [2.45, 2.75) is 63.8 Å². The van der Waals surface area contributed by atoms with Gasteiger partial charge in [-0.25, -0.2) is 0 Å². The Morgan fingerprint density at radius 1 is 1.03 bits per heavy atom. The van der Waals surface area contributed by atoms with Gasteiger partial charge in [-0.3, -0.25) is 9.59 Å². The van der Waals surface area contributed by atoms with E-state index >= 15 is 0 Å². The van der Waals surface area contributed by atoms with Crippen LogP contribution in [0.25, 0.3) is 11.1 Å². The minimum absolute atomic E-state index is 0. The van der Waals surface area contributed by atoms with Crippen molar-refractivity contribution < 1.29 is 27.0 Å². The van der Waals surface area contributed by atoms with Crippen molar-refractivity contribution in [2.24, 2.45) is 0 Å². The summed E-state index contributed by atoms with van der Waals surface area (Å²) in [5.74, 6) is 1.48. The topological polar surface area (TPSA) is 84.9 Å². The van der Waals surface area contributed by atoms with Crippen molar-refractivity contribution in [1.29, 1.82) is 0 Å². The van der Waals surface area contributed by atoms with Gasteiger partial charge in [0.15, 0.2) is 11.5 Å². The molecule has 3 aromatic carbocycles. The van der Waals surface area contributed by atoms with E-state index in [-0.39, 0.29) is 34.0 Å². The molecule has 2 N–H and O–H groups in total. The fourth-order valence-corrected chi connectivity index (χ4v) is 5.22. The van der Waals surface area contributed by atoms with Gasteiger partial charge in [-0.05, 0) is 78.3 Å². The number of carbonyl (C=O) groups excluding carboxylic acids is 2. The van der Waals surface area contributed by atoms with E-state index in [1.165, 1.54) is 0 Å². The highest BCUT2D eigenvalue weighted by Crippen LogP contribution is 2.51. The minimum atomic E-state index is -0.440. The first-order chi connectivity index (χ1) is 18.4. The van der Waals surface area contributed by atoms with Crippen molar-refractivity contribution in [1.82, 2.24) is 5.32 Å². The first-order valence-electron chi connectivity index (χ1n) is 13.5. The van der Waals surface area contributed by atoms with Gasteiger partial charge in [0.25, 0.3) is 5.91 Å². The normalized spacial score (nSPS) is 15.7. The zero-order chi connectivity index (χ0) is 26.7. The number of ether oxygens (including phenoxy) is 2. The molecule has 6 heteroatoms. The number of carbonyl (C=O) groups is 2. The molecular formula is C32H39NO5. The second-order valence-electron chi connectivity index (χ2n) is 10.5. The van der Waals surface area contributed by atoms with Crippen LogP contribution in [0.2, 0.25) is 0 Å². The molecule has 0 radical (unpaired) electrons. The summed E-state index contributed by atoms with van der Waals surface area (Å²) in [7, 11) is 0. The number of ketones is 1. The highest BCUT2D eigenvalue weighted by Gasteiger charge is 2.50. The van der Waals surface area contributed by atoms with Gasteiger partial charge in [-0.2, -0.15) is 0 Å². The summed E-state index contributed by atoms with van der Waals surface area (Å²) in [6.07, 6.45) is 4.80. The maximum Gasteiger partial charge on any atom is 0.251 e. The Kier molecular flexibility index (Phi) is 7.52. The molecule has 38 heavy (non-hydrogen) atoms. The summed E-state index contributed by atoms with van der Waals surface area (Å²) < 4.78 is 11.0. The molecule has 1 atom stereocenters. The number of fused-ring (bicyclic) bond motifs is 1. The summed E-state index contributed by atoms with van der Waals surface area (Å²) in [6, 6.07) is 19.3. The van der Waals surface area contributed by atoms with Crippen LogP contribution in [0.1, 0.15) is 68.9 Å². The molecule has 0 unspecified atom stereocenters. The summed E-state index contributed by atoms with van der Waals surface area (Å²) in [4.78, 5) is 26.2. The number of Topliss-reactive ketones (excluding diaryl/α,β-unsaturated/α-hetero) is 1. The summed E-state index contributed by atoms with van der Waals surface area (Å²) in [5.41, 5.74) is 5.26. The smallest absolute Gasteiger partial charge is 0.251 e. The molecule has 6 nitrogen and oxygen atoms in total. The first kappa shape index (κ1) is 26.0. The van der Waals surface area contributed by atoms with Crippen LogP contribution >= 0.6 is 0 Å². The highest BCUT2D eigenvalue weighted by molar-refractivity contribution is 5.96. The second-order valence-corrected chi connectivity index (χ2v) is 10.5. The van der Waals surface area contributed by atoms with Crippen LogP contribution in [0.15, 0.2) is 60.7 Å². The number of aliphatic hydroxyl groups excluding tert-OH is 1. The Morgan fingerprint density at radius 3 is 2.50 bits per heavy atom. The molecule has 202 valence electrons. The quantitative estimate of drug-likeness (QED) is 0.326. The Hall–Kier alpha value is -3.64. The fraction of sp³-hybridized carbons (Fsp3) is 0.375. The van der Waals surface area contributed by atoms with Gasteiger partial charge in [-0.1, -0.05) is 56.2 Å². The van der Waals surface area contributed by atoms with Gasteiger partial charge in [0, 0.05) is 14.8 Å². The van der Waals surface area contributed by atoms with Crippen molar-refractivity contribution in [2.75, 3.05) is 13.4 Å². The highest BCUT2D eigenvalue weighted by atomic mass is 16.7. The molecule has 0 aromatic heterocycles. The van der Waals surface area contributed by atoms with E-state index in [9.17, 15) is 14.7 Å². The molecule has 5 rings (SSSR count). The molecule has 0 spiro atoms. The number of aliphatic hydroxyl groups is 1. The predicted octanol–water partition coefficient (Wildman–Crippen LogP) is 6.01. The monoisotopic (exact) mass is 517 g/mol. The molecule has 1 heterocycles. The van der Waals surface area contributed by atoms with Crippen molar-refractivity contribution in [3.63, 3.8) is 0 Å². The zero-order valence-electron chi connectivity index (χ0n) is 22.1. The molecule has 0 bridgehead atoms. The third-order valence-corrected chi connectivity index (χ3v) is 7.80. The average molecular weight is 518 g/mol. The van der Waals surface area contributed by atoms with Crippen LogP contribution in [0.4, 0.5) is 0 Å². The maximum atomic E-state index is 13.5. The molecule has 3 aromatic rings. The number of nitrogens with one attached hydrogen (secondary N) is 1. The van der Waals surface area contributed by atoms with Gasteiger partial charge in [0.2, 0.25) is 6.79 Å². The Labute approximate surface area is 227 Å². The fourth-order valence-electron chi connectivity index (χ4n) is 5.22. The van der Waals surface area contributed by atoms with Crippen LogP contribution in [0.5, 0.6) is 11.5 Å². The van der Waals surface area contributed by atoms with Crippen LogP contribution in [-0.2, 0) is 16.6 Å². The van der Waals surface area contributed by atoms with Crippen molar-refractivity contribution >= 4 is 11.7 Å². The zero-order valence-corrected chi connectivity index (χ0v) is 22.1. The molecule has 1 aliphatic heterocycles. The Balaban J connectivity index is 0.00000220. The molecule has 2 aliphatic rings. The standard InChI is InChI=1S/C32H35NO5.2H2/c1-3-4-5-26(19-34)33-31(36)24-10-8-23(9-11-24)27-16-22(7-6-21(27)2)17-30(35)32(14-15-32)25-12-13-28-29(18-25)38-20-37-28;;/h6-13,16,18,26,34H,3-5,14-15,17,19-20H2,1-2H3,(H,33,36);2*1H/t26-;;/m1../s1. The number of hydrogen-bond acceptors (Lipinski definition) is 5. The van der Waals surface area contributed by atoms with E-state index in [1.807, 2.05) is 48.5 Å². The lowest BCUT2D eigenvalue weighted by atomic mass is 9.87. The van der Waals surface area contributed by atoms with E-state index in [0.717, 1.165) is 65.7 Å². The van der Waals surface area contributed by atoms with E-state index in [1.54, 1.807) is 0 Å². The predicted molar refractivity (Wildman–Crippen MR) is 151 cm³/mol. The molecule has 1 amide bonds. The minimum Gasteiger partial charge on any atom is -0.454 e. The first-order valence-corrected chi connectivity index (χ1v) is 13.5. The van der Waals surface area contributed by atoms with E-state index in [0.29, 0.717) is 17.7 Å².